The van der Waals surface area contributed by atoms with E-state index in [1.165, 1.54) is 31.2 Å². The second-order valence-electron chi connectivity index (χ2n) is 7.00. The molecular weight excluding hydrogens is 262 g/mol. The Hall–Kier alpha value is -1.06. The Bertz CT molecular complexity index is 492. The van der Waals surface area contributed by atoms with Crippen LogP contribution in [0.2, 0.25) is 0 Å². The van der Waals surface area contributed by atoms with Gasteiger partial charge < -0.3 is 15.2 Å². The topological polar surface area (TPSA) is 41.5 Å². The van der Waals surface area contributed by atoms with Crippen LogP contribution in [0.3, 0.4) is 0 Å². The Morgan fingerprint density at radius 2 is 2.10 bits per heavy atom. The van der Waals surface area contributed by atoms with E-state index in [-0.39, 0.29) is 0 Å². The molecule has 3 heteroatoms. The molecule has 21 heavy (non-hydrogen) atoms. The van der Waals surface area contributed by atoms with E-state index in [1.807, 2.05) is 19.1 Å². The molecule has 116 valence electrons. The molecule has 3 nitrogen and oxygen atoms in total. The van der Waals surface area contributed by atoms with Gasteiger partial charge >= 0.3 is 0 Å². The smallest absolute Gasteiger partial charge is 0.122 e. The first-order valence-corrected chi connectivity index (χ1v) is 8.18. The van der Waals surface area contributed by atoms with Crippen LogP contribution in [0.15, 0.2) is 18.2 Å². The lowest BCUT2D eigenvalue weighted by Gasteiger charge is -2.18. The number of hydrogen-bond donors (Lipinski definition) is 2. The molecule has 0 bridgehead atoms. The fourth-order valence-electron chi connectivity index (χ4n) is 3.28. The number of aryl methyl sites for hydroxylation is 2. The van der Waals surface area contributed by atoms with Gasteiger partial charge in [-0.05, 0) is 62.5 Å². The van der Waals surface area contributed by atoms with Gasteiger partial charge in [-0.25, -0.2) is 0 Å². The third-order valence-corrected chi connectivity index (χ3v) is 4.95. The first-order valence-electron chi connectivity index (χ1n) is 8.18. The average molecular weight is 289 g/mol. The fraction of sp³-hybridized carbons (Fsp3) is 0.667. The van der Waals surface area contributed by atoms with Crippen LogP contribution in [-0.4, -0.2) is 30.9 Å². The molecule has 2 fully saturated rings. The van der Waals surface area contributed by atoms with Gasteiger partial charge in [-0.2, -0.15) is 0 Å². The van der Waals surface area contributed by atoms with Crippen LogP contribution in [0.1, 0.15) is 36.8 Å². The van der Waals surface area contributed by atoms with Crippen molar-refractivity contribution in [3.05, 3.63) is 29.3 Å². The standard InChI is InChI=1S/C18H27NO2/c1-13-3-6-17(14(2)9-13)21-11-16(20)10-19-12-18(7-8-18)15-4-5-15/h3,6,9,15-16,19-20H,4-5,7-8,10-12H2,1-2H3. The van der Waals surface area contributed by atoms with Gasteiger partial charge in [0, 0.05) is 13.1 Å². The zero-order chi connectivity index (χ0) is 14.9. The largest absolute Gasteiger partial charge is 0.491 e. The summed E-state index contributed by atoms with van der Waals surface area (Å²) < 4.78 is 5.72. The van der Waals surface area contributed by atoms with Gasteiger partial charge in [-0.3, -0.25) is 0 Å². The molecule has 0 amide bonds. The molecule has 3 rings (SSSR count). The third kappa shape index (κ3) is 3.78. The maximum Gasteiger partial charge on any atom is 0.122 e. The Labute approximate surface area is 127 Å². The zero-order valence-corrected chi connectivity index (χ0v) is 13.2. The van der Waals surface area contributed by atoms with Crippen LogP contribution in [-0.2, 0) is 0 Å². The van der Waals surface area contributed by atoms with Gasteiger partial charge in [-0.15, -0.1) is 0 Å². The molecular formula is C18H27NO2. The van der Waals surface area contributed by atoms with Crippen LogP contribution in [0.25, 0.3) is 0 Å². The number of nitrogens with one attached hydrogen (secondary N) is 1. The summed E-state index contributed by atoms with van der Waals surface area (Å²) in [6.07, 6.45) is 5.14. The zero-order valence-electron chi connectivity index (χ0n) is 13.2. The molecule has 2 saturated carbocycles. The highest BCUT2D eigenvalue weighted by molar-refractivity contribution is 5.35. The van der Waals surface area contributed by atoms with E-state index in [9.17, 15) is 5.11 Å². The van der Waals surface area contributed by atoms with Crippen LogP contribution in [0, 0.1) is 25.2 Å². The number of ether oxygens (including phenoxy) is 1. The predicted molar refractivity (Wildman–Crippen MR) is 84.7 cm³/mol. The molecule has 0 spiro atoms. The highest BCUT2D eigenvalue weighted by Gasteiger charge is 2.53. The van der Waals surface area contributed by atoms with E-state index in [0.29, 0.717) is 18.6 Å². The van der Waals surface area contributed by atoms with Crippen LogP contribution in [0.5, 0.6) is 5.75 Å². The summed E-state index contributed by atoms with van der Waals surface area (Å²) in [6, 6.07) is 6.13. The van der Waals surface area contributed by atoms with Gasteiger partial charge in [0.15, 0.2) is 0 Å². The van der Waals surface area contributed by atoms with Gasteiger partial charge in [0.2, 0.25) is 0 Å². The van der Waals surface area contributed by atoms with Crippen molar-refractivity contribution in [2.45, 2.75) is 45.6 Å². The first-order chi connectivity index (χ1) is 10.1. The lowest BCUT2D eigenvalue weighted by atomic mass is 10.0. The molecule has 2 N–H and O–H groups in total. The van der Waals surface area contributed by atoms with Crippen molar-refractivity contribution >= 4 is 0 Å². The number of aliphatic hydroxyl groups excluding tert-OH is 1. The van der Waals surface area contributed by atoms with E-state index in [2.05, 4.69) is 18.3 Å². The van der Waals surface area contributed by atoms with E-state index >= 15 is 0 Å². The molecule has 1 unspecified atom stereocenters. The van der Waals surface area contributed by atoms with E-state index in [4.69, 9.17) is 4.74 Å². The summed E-state index contributed by atoms with van der Waals surface area (Å²) in [5.74, 6) is 1.84. The summed E-state index contributed by atoms with van der Waals surface area (Å²) in [5.41, 5.74) is 2.95. The summed E-state index contributed by atoms with van der Waals surface area (Å²) in [7, 11) is 0. The molecule has 0 aromatic heterocycles. The minimum Gasteiger partial charge on any atom is -0.491 e. The predicted octanol–water partition coefficient (Wildman–Crippen LogP) is 2.82. The number of benzene rings is 1. The van der Waals surface area contributed by atoms with Gasteiger partial charge in [0.05, 0.1) is 0 Å². The van der Waals surface area contributed by atoms with Crippen molar-refractivity contribution in [2.24, 2.45) is 11.3 Å². The van der Waals surface area contributed by atoms with Gasteiger partial charge in [-0.1, -0.05) is 17.7 Å². The summed E-state index contributed by atoms with van der Waals surface area (Å²) in [6.45, 7) is 6.16. The van der Waals surface area contributed by atoms with E-state index < -0.39 is 6.10 Å². The van der Waals surface area contributed by atoms with Crippen LogP contribution >= 0.6 is 0 Å². The molecule has 1 atom stereocenters. The van der Waals surface area contributed by atoms with Crippen LogP contribution in [0.4, 0.5) is 0 Å². The number of aliphatic hydroxyl groups is 1. The fourth-order valence-corrected chi connectivity index (χ4v) is 3.28. The quantitative estimate of drug-likeness (QED) is 0.773. The molecule has 1 aromatic carbocycles. The average Bonchev–Trinajstić information content (AvgIpc) is 3.30. The molecule has 0 radical (unpaired) electrons. The maximum atomic E-state index is 10.0. The minimum absolute atomic E-state index is 0.354. The van der Waals surface area contributed by atoms with Crippen molar-refractivity contribution in [2.75, 3.05) is 19.7 Å². The maximum absolute atomic E-state index is 10.0. The lowest BCUT2D eigenvalue weighted by molar-refractivity contribution is 0.104. The number of rotatable bonds is 8. The minimum atomic E-state index is -0.444. The normalized spacial score (nSPS) is 21.1. The Morgan fingerprint density at radius 3 is 2.71 bits per heavy atom. The highest BCUT2D eigenvalue weighted by Crippen LogP contribution is 2.60. The SMILES string of the molecule is Cc1ccc(OCC(O)CNCC2(C3CC3)CC2)c(C)c1. The Morgan fingerprint density at radius 1 is 1.33 bits per heavy atom. The number of hydrogen-bond acceptors (Lipinski definition) is 3. The van der Waals surface area contributed by atoms with Crippen molar-refractivity contribution in [1.29, 1.82) is 0 Å². The van der Waals surface area contributed by atoms with Gasteiger partial charge in [0.1, 0.15) is 18.5 Å². The summed E-state index contributed by atoms with van der Waals surface area (Å²) in [5, 5.41) is 13.5. The molecule has 0 saturated heterocycles. The molecule has 2 aliphatic carbocycles. The second-order valence-corrected chi connectivity index (χ2v) is 7.00. The van der Waals surface area contributed by atoms with Crippen LogP contribution < -0.4 is 10.1 Å². The molecule has 1 aromatic rings. The summed E-state index contributed by atoms with van der Waals surface area (Å²) in [4.78, 5) is 0. The second kappa shape index (κ2) is 5.98. The first kappa shape index (κ1) is 14.9. The Kier molecular flexibility index (Phi) is 4.23. The van der Waals surface area contributed by atoms with Crippen molar-refractivity contribution in [3.63, 3.8) is 0 Å². The van der Waals surface area contributed by atoms with Crippen molar-refractivity contribution in [1.82, 2.24) is 5.32 Å². The van der Waals surface area contributed by atoms with Gasteiger partial charge in [0.25, 0.3) is 0 Å². The van der Waals surface area contributed by atoms with Crippen molar-refractivity contribution in [3.8, 4) is 5.75 Å². The third-order valence-electron chi connectivity index (χ3n) is 4.95. The Balaban J connectivity index is 1.37. The lowest BCUT2D eigenvalue weighted by Crippen LogP contribution is -2.35. The molecule has 2 aliphatic rings. The van der Waals surface area contributed by atoms with Crippen molar-refractivity contribution < 1.29 is 9.84 Å². The highest BCUT2D eigenvalue weighted by atomic mass is 16.5. The van der Waals surface area contributed by atoms with E-state index in [0.717, 1.165) is 23.8 Å². The molecule has 0 aliphatic heterocycles. The van der Waals surface area contributed by atoms with E-state index in [1.54, 1.807) is 0 Å². The molecule has 0 heterocycles. The summed E-state index contributed by atoms with van der Waals surface area (Å²) >= 11 is 0. The monoisotopic (exact) mass is 289 g/mol.